The predicted molar refractivity (Wildman–Crippen MR) is 95.7 cm³/mol. The first-order valence-corrected chi connectivity index (χ1v) is 9.15. The first-order chi connectivity index (χ1) is 11.6. The first-order valence-electron chi connectivity index (χ1n) is 9.15. The molecule has 2 heterocycles. The number of nitrogens with one attached hydrogen (secondary N) is 3. The van der Waals surface area contributed by atoms with E-state index in [1.165, 1.54) is 19.3 Å². The number of piperidine rings is 2. The number of amides is 2. The van der Waals surface area contributed by atoms with Gasteiger partial charge in [-0.1, -0.05) is 12.1 Å². The molecular formula is C19H30N3O2+. The third-order valence-electron chi connectivity index (χ3n) is 5.54. The zero-order chi connectivity index (χ0) is 17.1. The largest absolute Gasteiger partial charge is 0.495 e. The average Bonchev–Trinajstić information content (AvgIpc) is 2.54. The minimum Gasteiger partial charge on any atom is -0.495 e. The molecule has 2 unspecified atom stereocenters. The number of ether oxygens (including phenoxy) is 1. The van der Waals surface area contributed by atoms with E-state index >= 15 is 0 Å². The van der Waals surface area contributed by atoms with Gasteiger partial charge >= 0.3 is 6.03 Å². The van der Waals surface area contributed by atoms with Gasteiger partial charge < -0.3 is 20.3 Å². The van der Waals surface area contributed by atoms with Gasteiger partial charge in [-0.15, -0.1) is 0 Å². The summed E-state index contributed by atoms with van der Waals surface area (Å²) in [7, 11) is 1.62. The lowest BCUT2D eigenvalue weighted by atomic mass is 9.81. The van der Waals surface area contributed by atoms with Crippen LogP contribution in [0.5, 0.6) is 5.75 Å². The molecule has 0 radical (unpaired) electrons. The number of anilines is 1. The Bertz CT molecular complexity index is 561. The fraction of sp³-hybridized carbons (Fsp3) is 0.632. The Morgan fingerprint density at radius 1 is 1.21 bits per heavy atom. The van der Waals surface area contributed by atoms with Crippen molar-refractivity contribution in [3.63, 3.8) is 0 Å². The maximum atomic E-state index is 12.4. The topological polar surface area (TPSA) is 54.8 Å². The molecule has 3 rings (SSSR count). The molecule has 3 N–H and O–H groups in total. The summed E-state index contributed by atoms with van der Waals surface area (Å²) in [6.07, 6.45) is 6.09. The lowest BCUT2D eigenvalue weighted by Crippen LogP contribution is -3.23. The molecule has 2 aliphatic rings. The van der Waals surface area contributed by atoms with E-state index in [0.717, 1.165) is 12.8 Å². The van der Waals surface area contributed by atoms with Crippen molar-refractivity contribution >= 4 is 11.7 Å². The van der Waals surface area contributed by atoms with Crippen LogP contribution in [0.2, 0.25) is 0 Å². The highest BCUT2D eigenvalue weighted by Crippen LogP contribution is 2.24. The number of benzene rings is 1. The molecule has 2 fully saturated rings. The van der Waals surface area contributed by atoms with Crippen LogP contribution in [0.3, 0.4) is 0 Å². The van der Waals surface area contributed by atoms with E-state index in [-0.39, 0.29) is 12.1 Å². The Morgan fingerprint density at radius 3 is 2.50 bits per heavy atom. The van der Waals surface area contributed by atoms with Crippen LogP contribution < -0.4 is 20.3 Å². The normalized spacial score (nSPS) is 29.2. The third-order valence-corrected chi connectivity index (χ3v) is 5.54. The van der Waals surface area contributed by atoms with Crippen LogP contribution in [-0.4, -0.2) is 37.3 Å². The number of fused-ring (bicyclic) bond motifs is 2. The SMILES string of the molecule is COc1ccccc1NC(=O)NC1C[C@H]2CCC[C@@H](C1)[NH+]2C(C)C. The van der Waals surface area contributed by atoms with Crippen molar-refractivity contribution in [3.8, 4) is 5.75 Å². The van der Waals surface area contributed by atoms with Crippen molar-refractivity contribution in [2.24, 2.45) is 0 Å². The first kappa shape index (κ1) is 17.1. The average molecular weight is 332 g/mol. The summed E-state index contributed by atoms with van der Waals surface area (Å²) in [4.78, 5) is 14.2. The molecule has 0 spiro atoms. The van der Waals surface area contributed by atoms with E-state index in [2.05, 4.69) is 24.5 Å². The van der Waals surface area contributed by atoms with Gasteiger partial charge in [0.05, 0.1) is 30.9 Å². The molecule has 2 saturated heterocycles. The summed E-state index contributed by atoms with van der Waals surface area (Å²) >= 11 is 0. The number of para-hydroxylation sites is 2. The standard InChI is InChI=1S/C19H29N3O2/c1-13(2)22-15-7-6-8-16(22)12-14(11-15)20-19(23)21-17-9-4-5-10-18(17)24-3/h4-5,9-10,13-16H,6-8,11-12H2,1-3H3,(H2,20,21,23)/p+1/t14?,15-,16+. The number of hydrogen-bond donors (Lipinski definition) is 3. The van der Waals surface area contributed by atoms with E-state index < -0.39 is 0 Å². The van der Waals surface area contributed by atoms with Crippen LogP contribution in [0, 0.1) is 0 Å². The number of urea groups is 1. The Morgan fingerprint density at radius 2 is 1.88 bits per heavy atom. The molecule has 5 heteroatoms. The second kappa shape index (κ2) is 7.43. The van der Waals surface area contributed by atoms with Crippen molar-refractivity contribution < 1.29 is 14.4 Å². The minimum atomic E-state index is -0.129. The van der Waals surface area contributed by atoms with Crippen LogP contribution in [0.15, 0.2) is 24.3 Å². The zero-order valence-electron chi connectivity index (χ0n) is 15.0. The summed E-state index contributed by atoms with van der Waals surface area (Å²) in [6, 6.07) is 9.70. The molecule has 2 bridgehead atoms. The molecular weight excluding hydrogens is 302 g/mol. The smallest absolute Gasteiger partial charge is 0.319 e. The highest BCUT2D eigenvalue weighted by molar-refractivity contribution is 5.91. The maximum absolute atomic E-state index is 12.4. The number of methoxy groups -OCH3 is 1. The Kier molecular flexibility index (Phi) is 5.29. The molecule has 2 amide bonds. The molecule has 2 aliphatic heterocycles. The number of carbonyl (C=O) groups is 1. The van der Waals surface area contributed by atoms with E-state index in [1.807, 2.05) is 24.3 Å². The molecule has 0 aliphatic carbocycles. The maximum Gasteiger partial charge on any atom is 0.319 e. The molecule has 1 aromatic carbocycles. The van der Waals surface area contributed by atoms with Crippen LogP contribution in [0.4, 0.5) is 10.5 Å². The summed E-state index contributed by atoms with van der Waals surface area (Å²) in [5, 5.41) is 6.11. The van der Waals surface area contributed by atoms with Gasteiger partial charge in [-0.05, 0) is 45.2 Å². The van der Waals surface area contributed by atoms with Gasteiger partial charge in [-0.2, -0.15) is 0 Å². The summed E-state index contributed by atoms with van der Waals surface area (Å²) in [5.41, 5.74) is 0.711. The predicted octanol–water partition coefficient (Wildman–Crippen LogP) is 2.19. The summed E-state index contributed by atoms with van der Waals surface area (Å²) in [6.45, 7) is 4.64. The van der Waals surface area contributed by atoms with Gasteiger partial charge in [0.15, 0.2) is 0 Å². The van der Waals surface area contributed by atoms with Gasteiger partial charge in [0.2, 0.25) is 0 Å². The lowest BCUT2D eigenvalue weighted by molar-refractivity contribution is -0.980. The van der Waals surface area contributed by atoms with Gasteiger partial charge in [0.1, 0.15) is 5.75 Å². The molecule has 4 atom stereocenters. The highest BCUT2D eigenvalue weighted by atomic mass is 16.5. The molecule has 5 nitrogen and oxygen atoms in total. The van der Waals surface area contributed by atoms with Gasteiger partial charge in [0, 0.05) is 18.9 Å². The third kappa shape index (κ3) is 3.66. The van der Waals surface area contributed by atoms with E-state index in [4.69, 9.17) is 4.74 Å². The Hall–Kier alpha value is -1.75. The number of hydrogen-bond acceptors (Lipinski definition) is 2. The summed E-state index contributed by atoms with van der Waals surface area (Å²) < 4.78 is 5.29. The fourth-order valence-corrected chi connectivity index (χ4v) is 4.72. The number of rotatable bonds is 4. The fourth-order valence-electron chi connectivity index (χ4n) is 4.72. The van der Waals surface area contributed by atoms with E-state index in [1.54, 1.807) is 12.0 Å². The van der Waals surface area contributed by atoms with Gasteiger partial charge in [-0.3, -0.25) is 0 Å². The van der Waals surface area contributed by atoms with E-state index in [9.17, 15) is 4.79 Å². The number of carbonyl (C=O) groups excluding carboxylic acids is 1. The Labute approximate surface area is 144 Å². The van der Waals surface area contributed by atoms with Gasteiger partial charge in [0.25, 0.3) is 0 Å². The molecule has 0 aromatic heterocycles. The van der Waals surface area contributed by atoms with E-state index in [0.29, 0.717) is 29.6 Å². The zero-order valence-corrected chi connectivity index (χ0v) is 15.0. The highest BCUT2D eigenvalue weighted by Gasteiger charge is 2.43. The van der Waals surface area contributed by atoms with Crippen molar-refractivity contribution in [1.29, 1.82) is 0 Å². The molecule has 1 aromatic rings. The molecule has 132 valence electrons. The van der Waals surface area contributed by atoms with Crippen molar-refractivity contribution in [2.75, 3.05) is 12.4 Å². The second-order valence-corrected chi connectivity index (χ2v) is 7.45. The summed E-state index contributed by atoms with van der Waals surface area (Å²) in [5.74, 6) is 0.684. The van der Waals surface area contributed by atoms with Crippen LogP contribution in [0.25, 0.3) is 0 Å². The second-order valence-electron chi connectivity index (χ2n) is 7.45. The monoisotopic (exact) mass is 332 g/mol. The van der Waals surface area contributed by atoms with Crippen molar-refractivity contribution in [2.45, 2.75) is 70.1 Å². The van der Waals surface area contributed by atoms with Crippen LogP contribution in [-0.2, 0) is 0 Å². The van der Waals surface area contributed by atoms with Crippen molar-refractivity contribution in [1.82, 2.24) is 5.32 Å². The quantitative estimate of drug-likeness (QED) is 0.792. The lowest BCUT2D eigenvalue weighted by Gasteiger charge is -2.47. The van der Waals surface area contributed by atoms with Gasteiger partial charge in [-0.25, -0.2) is 4.79 Å². The van der Waals surface area contributed by atoms with Crippen LogP contribution in [0.1, 0.15) is 46.0 Å². The Balaban J connectivity index is 1.60. The molecule has 0 saturated carbocycles. The minimum absolute atomic E-state index is 0.129. The molecule has 24 heavy (non-hydrogen) atoms. The van der Waals surface area contributed by atoms with Crippen molar-refractivity contribution in [3.05, 3.63) is 24.3 Å². The van der Waals surface area contributed by atoms with Crippen LogP contribution >= 0.6 is 0 Å². The number of quaternary nitrogens is 1.